The zero-order valence-electron chi connectivity index (χ0n) is 18.7. The monoisotopic (exact) mass is 442 g/mol. The average Bonchev–Trinajstić information content (AvgIpc) is 2.80. The van der Waals surface area contributed by atoms with E-state index in [0.717, 1.165) is 42.4 Å². The summed E-state index contributed by atoms with van der Waals surface area (Å²) < 4.78 is 5.33. The van der Waals surface area contributed by atoms with Gasteiger partial charge in [0.25, 0.3) is 5.69 Å². The molecule has 0 heterocycles. The van der Waals surface area contributed by atoms with Crippen LogP contribution in [0.3, 0.4) is 0 Å². The standard InChI is InChI=1S/C24H30N2O6/c1-16(25-32-14-17-4-6-19(7-5-17)26(29)30)20-12-22(28)23(31-3)13-21(20)18-8-10-24(2,15-27)11-9-18/h4-7,12-13,18,27-28H,8-11,14-15H2,1-3H3/t18-,24+. The molecule has 2 aromatic rings. The SMILES string of the molecule is COc1cc([C@H]2CC[C@@](C)(CO)CC2)c(C(C)=NOCc2ccc([N+](=O)[O-])cc2)cc1O. The second kappa shape index (κ2) is 9.99. The zero-order chi connectivity index (χ0) is 23.3. The topological polar surface area (TPSA) is 114 Å². The lowest BCUT2D eigenvalue weighted by Gasteiger charge is -2.36. The van der Waals surface area contributed by atoms with Gasteiger partial charge in [0.15, 0.2) is 11.5 Å². The number of methoxy groups -OCH3 is 1. The molecular weight excluding hydrogens is 412 g/mol. The van der Waals surface area contributed by atoms with Crippen molar-refractivity contribution in [3.8, 4) is 11.5 Å². The van der Waals surface area contributed by atoms with Crippen LogP contribution in [0.1, 0.15) is 62.1 Å². The molecule has 0 spiro atoms. The maximum Gasteiger partial charge on any atom is 0.269 e. The zero-order valence-corrected chi connectivity index (χ0v) is 18.7. The normalized spacial score (nSPS) is 21.2. The van der Waals surface area contributed by atoms with E-state index in [0.29, 0.717) is 11.5 Å². The van der Waals surface area contributed by atoms with Crippen molar-refractivity contribution >= 4 is 11.4 Å². The van der Waals surface area contributed by atoms with Gasteiger partial charge in [-0.05, 0) is 79.3 Å². The first kappa shape index (κ1) is 23.5. The third-order valence-corrected chi connectivity index (χ3v) is 6.33. The fourth-order valence-corrected chi connectivity index (χ4v) is 4.15. The number of benzene rings is 2. The van der Waals surface area contributed by atoms with Gasteiger partial charge in [0.1, 0.15) is 6.61 Å². The highest BCUT2D eigenvalue weighted by molar-refractivity contribution is 6.00. The fraction of sp³-hybridized carbons (Fsp3) is 0.458. The molecule has 0 radical (unpaired) electrons. The van der Waals surface area contributed by atoms with Crippen molar-refractivity contribution in [2.24, 2.45) is 10.6 Å². The smallest absolute Gasteiger partial charge is 0.269 e. The van der Waals surface area contributed by atoms with Gasteiger partial charge in [-0.3, -0.25) is 10.1 Å². The number of oxime groups is 1. The molecular formula is C24H30N2O6. The molecule has 0 aromatic heterocycles. The maximum absolute atomic E-state index is 10.8. The number of aromatic hydroxyl groups is 1. The van der Waals surface area contributed by atoms with E-state index < -0.39 is 4.92 Å². The van der Waals surface area contributed by atoms with Crippen molar-refractivity contribution < 1.29 is 24.7 Å². The number of hydrogen-bond donors (Lipinski definition) is 2. The minimum atomic E-state index is -0.445. The van der Waals surface area contributed by atoms with Crippen LogP contribution in [0.15, 0.2) is 41.6 Å². The Bertz CT molecular complexity index is 979. The van der Waals surface area contributed by atoms with Gasteiger partial charge < -0.3 is 19.8 Å². The van der Waals surface area contributed by atoms with E-state index in [2.05, 4.69) is 12.1 Å². The van der Waals surface area contributed by atoms with Crippen molar-refractivity contribution in [1.82, 2.24) is 0 Å². The number of aliphatic hydroxyl groups excluding tert-OH is 1. The summed E-state index contributed by atoms with van der Waals surface area (Å²) in [5, 5.41) is 35.0. The Morgan fingerprint density at radius 3 is 2.47 bits per heavy atom. The Morgan fingerprint density at radius 2 is 1.91 bits per heavy atom. The van der Waals surface area contributed by atoms with Crippen molar-refractivity contribution in [3.05, 3.63) is 63.2 Å². The molecule has 0 amide bonds. The van der Waals surface area contributed by atoms with Crippen molar-refractivity contribution in [3.63, 3.8) is 0 Å². The van der Waals surface area contributed by atoms with Gasteiger partial charge in [0.05, 0.1) is 17.7 Å². The predicted octanol–water partition coefficient (Wildman–Crippen LogP) is 4.91. The number of nitro benzene ring substituents is 1. The summed E-state index contributed by atoms with van der Waals surface area (Å²) in [6.45, 7) is 4.29. The Hall–Kier alpha value is -3.13. The Morgan fingerprint density at radius 1 is 1.25 bits per heavy atom. The molecule has 0 saturated heterocycles. The van der Waals surface area contributed by atoms with E-state index in [1.165, 1.54) is 19.2 Å². The molecule has 2 N–H and O–H groups in total. The molecule has 32 heavy (non-hydrogen) atoms. The number of aliphatic hydroxyl groups is 1. The first-order valence-electron chi connectivity index (χ1n) is 10.7. The van der Waals surface area contributed by atoms with E-state index in [1.54, 1.807) is 18.2 Å². The molecule has 3 rings (SSSR count). The highest BCUT2D eigenvalue weighted by atomic mass is 16.6. The van der Waals surface area contributed by atoms with E-state index in [-0.39, 0.29) is 36.0 Å². The summed E-state index contributed by atoms with van der Waals surface area (Å²) in [5.41, 5.74) is 3.20. The van der Waals surface area contributed by atoms with Crippen molar-refractivity contribution in [2.75, 3.05) is 13.7 Å². The largest absolute Gasteiger partial charge is 0.504 e. The molecule has 172 valence electrons. The van der Waals surface area contributed by atoms with E-state index >= 15 is 0 Å². The van der Waals surface area contributed by atoms with Gasteiger partial charge in [-0.1, -0.05) is 12.1 Å². The van der Waals surface area contributed by atoms with Gasteiger partial charge in [0, 0.05) is 24.3 Å². The first-order chi connectivity index (χ1) is 15.3. The summed E-state index contributed by atoms with van der Waals surface area (Å²) in [7, 11) is 1.52. The van der Waals surface area contributed by atoms with Crippen LogP contribution in [-0.2, 0) is 11.4 Å². The average molecular weight is 443 g/mol. The molecule has 1 saturated carbocycles. The van der Waals surface area contributed by atoms with Gasteiger partial charge >= 0.3 is 0 Å². The molecule has 0 atom stereocenters. The predicted molar refractivity (Wildman–Crippen MR) is 121 cm³/mol. The lowest BCUT2D eigenvalue weighted by atomic mass is 9.69. The number of nitro groups is 1. The molecule has 1 aliphatic rings. The lowest BCUT2D eigenvalue weighted by molar-refractivity contribution is -0.384. The van der Waals surface area contributed by atoms with Gasteiger partial charge in [0.2, 0.25) is 0 Å². The van der Waals surface area contributed by atoms with Crippen LogP contribution in [-0.4, -0.2) is 34.6 Å². The number of nitrogens with zero attached hydrogens (tertiary/aromatic N) is 2. The summed E-state index contributed by atoms with van der Waals surface area (Å²) in [4.78, 5) is 15.8. The van der Waals surface area contributed by atoms with Crippen molar-refractivity contribution in [1.29, 1.82) is 0 Å². The Labute approximate surface area is 187 Å². The third-order valence-electron chi connectivity index (χ3n) is 6.33. The molecule has 1 aliphatic carbocycles. The number of phenolic OH excluding ortho intramolecular Hbond substituents is 1. The third kappa shape index (κ3) is 5.37. The molecule has 1 fully saturated rings. The van der Waals surface area contributed by atoms with Crippen LogP contribution in [0.25, 0.3) is 0 Å². The summed E-state index contributed by atoms with van der Waals surface area (Å²) >= 11 is 0. The van der Waals surface area contributed by atoms with Crippen LogP contribution in [0.4, 0.5) is 5.69 Å². The summed E-state index contributed by atoms with van der Waals surface area (Å²) in [6, 6.07) is 9.65. The first-order valence-corrected chi connectivity index (χ1v) is 10.7. The number of non-ortho nitro benzene ring substituents is 1. The van der Waals surface area contributed by atoms with Gasteiger partial charge in [-0.25, -0.2) is 0 Å². The summed E-state index contributed by atoms with van der Waals surface area (Å²) in [6.07, 6.45) is 3.69. The Kier molecular flexibility index (Phi) is 7.35. The number of hydrogen-bond acceptors (Lipinski definition) is 7. The molecule has 0 bridgehead atoms. The highest BCUT2D eigenvalue weighted by Crippen LogP contribution is 2.45. The molecule has 0 aliphatic heterocycles. The molecule has 0 unspecified atom stereocenters. The van der Waals surface area contributed by atoms with E-state index in [9.17, 15) is 20.3 Å². The molecule has 8 heteroatoms. The Balaban J connectivity index is 1.79. The number of ether oxygens (including phenoxy) is 1. The minimum Gasteiger partial charge on any atom is -0.504 e. The number of phenols is 1. The van der Waals surface area contributed by atoms with Crippen LogP contribution in [0, 0.1) is 15.5 Å². The lowest BCUT2D eigenvalue weighted by Crippen LogP contribution is -2.27. The summed E-state index contributed by atoms with van der Waals surface area (Å²) in [5.74, 6) is 0.713. The van der Waals surface area contributed by atoms with Gasteiger partial charge in [-0.2, -0.15) is 0 Å². The van der Waals surface area contributed by atoms with E-state index in [4.69, 9.17) is 9.57 Å². The highest BCUT2D eigenvalue weighted by Gasteiger charge is 2.32. The van der Waals surface area contributed by atoms with Crippen LogP contribution >= 0.6 is 0 Å². The minimum absolute atomic E-state index is 0.0246. The van der Waals surface area contributed by atoms with Crippen LogP contribution < -0.4 is 4.74 Å². The second-order valence-corrected chi connectivity index (χ2v) is 8.73. The second-order valence-electron chi connectivity index (χ2n) is 8.73. The quantitative estimate of drug-likeness (QED) is 0.341. The van der Waals surface area contributed by atoms with Crippen LogP contribution in [0.2, 0.25) is 0 Å². The molecule has 2 aromatic carbocycles. The number of rotatable bonds is 8. The maximum atomic E-state index is 10.8. The molecule has 8 nitrogen and oxygen atoms in total. The van der Waals surface area contributed by atoms with Crippen molar-refractivity contribution in [2.45, 2.75) is 52.1 Å². The van der Waals surface area contributed by atoms with E-state index in [1.807, 2.05) is 13.0 Å². The fourth-order valence-electron chi connectivity index (χ4n) is 4.15. The van der Waals surface area contributed by atoms with Crippen LogP contribution in [0.5, 0.6) is 11.5 Å². The van der Waals surface area contributed by atoms with Gasteiger partial charge in [-0.15, -0.1) is 0 Å².